The zero-order valence-corrected chi connectivity index (χ0v) is 13.1. The SMILES string of the molecule is Cc1ccc(C(C)C)cc1OCC(=O)Nc1ccccc1O. The van der Waals surface area contributed by atoms with Gasteiger partial charge in [0.2, 0.25) is 0 Å². The highest BCUT2D eigenvalue weighted by molar-refractivity contribution is 5.93. The molecule has 1 amide bonds. The summed E-state index contributed by atoms with van der Waals surface area (Å²) < 4.78 is 5.61. The van der Waals surface area contributed by atoms with E-state index < -0.39 is 0 Å². The van der Waals surface area contributed by atoms with Crippen LogP contribution in [-0.2, 0) is 4.79 Å². The lowest BCUT2D eigenvalue weighted by Gasteiger charge is -2.13. The fraction of sp³-hybridized carbons (Fsp3) is 0.278. The number of carbonyl (C=O) groups excluding carboxylic acids is 1. The smallest absolute Gasteiger partial charge is 0.262 e. The van der Waals surface area contributed by atoms with Crippen molar-refractivity contribution < 1.29 is 14.6 Å². The lowest BCUT2D eigenvalue weighted by molar-refractivity contribution is -0.118. The molecule has 0 aliphatic carbocycles. The largest absolute Gasteiger partial charge is 0.506 e. The predicted octanol–water partition coefficient (Wildman–Crippen LogP) is 3.84. The van der Waals surface area contributed by atoms with Crippen molar-refractivity contribution in [3.05, 3.63) is 53.6 Å². The standard InChI is InChI=1S/C18H21NO3/c1-12(2)14-9-8-13(3)17(10-14)22-11-18(21)19-15-6-4-5-7-16(15)20/h4-10,12,20H,11H2,1-3H3,(H,19,21). The number of aryl methyl sites for hydroxylation is 1. The molecule has 0 fully saturated rings. The van der Waals surface area contributed by atoms with E-state index in [2.05, 4.69) is 25.2 Å². The fourth-order valence-electron chi connectivity index (χ4n) is 2.04. The summed E-state index contributed by atoms with van der Waals surface area (Å²) in [4.78, 5) is 11.9. The van der Waals surface area contributed by atoms with Gasteiger partial charge in [-0.15, -0.1) is 0 Å². The number of hydrogen-bond acceptors (Lipinski definition) is 3. The molecule has 0 aromatic heterocycles. The molecule has 22 heavy (non-hydrogen) atoms. The van der Waals surface area contributed by atoms with E-state index in [-0.39, 0.29) is 18.3 Å². The van der Waals surface area contributed by atoms with Crippen LogP contribution >= 0.6 is 0 Å². The molecule has 0 aliphatic rings. The monoisotopic (exact) mass is 299 g/mol. The molecule has 0 unspecified atom stereocenters. The zero-order chi connectivity index (χ0) is 16.1. The van der Waals surface area contributed by atoms with Crippen molar-refractivity contribution >= 4 is 11.6 Å². The Balaban J connectivity index is 1.99. The first-order chi connectivity index (χ1) is 10.5. The Morgan fingerprint density at radius 1 is 1.23 bits per heavy atom. The number of hydrogen-bond donors (Lipinski definition) is 2. The number of phenols is 1. The summed E-state index contributed by atoms with van der Waals surface area (Å²) in [5.41, 5.74) is 2.53. The summed E-state index contributed by atoms with van der Waals surface area (Å²) in [6.07, 6.45) is 0. The minimum Gasteiger partial charge on any atom is -0.506 e. The van der Waals surface area contributed by atoms with Gasteiger partial charge in [-0.25, -0.2) is 0 Å². The van der Waals surface area contributed by atoms with E-state index in [0.29, 0.717) is 17.4 Å². The highest BCUT2D eigenvalue weighted by atomic mass is 16.5. The van der Waals surface area contributed by atoms with Crippen LogP contribution in [0.4, 0.5) is 5.69 Å². The van der Waals surface area contributed by atoms with Gasteiger partial charge in [0, 0.05) is 0 Å². The molecule has 0 spiro atoms. The summed E-state index contributed by atoms with van der Waals surface area (Å²) >= 11 is 0. The van der Waals surface area contributed by atoms with Gasteiger partial charge in [-0.2, -0.15) is 0 Å². The predicted molar refractivity (Wildman–Crippen MR) is 87.5 cm³/mol. The number of aromatic hydroxyl groups is 1. The summed E-state index contributed by atoms with van der Waals surface area (Å²) in [5, 5.41) is 12.3. The van der Waals surface area contributed by atoms with Crippen LogP contribution in [0.25, 0.3) is 0 Å². The minimum absolute atomic E-state index is 0.0360. The average Bonchev–Trinajstić information content (AvgIpc) is 2.48. The maximum Gasteiger partial charge on any atom is 0.262 e. The molecule has 2 rings (SSSR count). The molecule has 0 saturated heterocycles. The van der Waals surface area contributed by atoms with Crippen molar-refractivity contribution in [2.45, 2.75) is 26.7 Å². The van der Waals surface area contributed by atoms with Crippen LogP contribution in [0.2, 0.25) is 0 Å². The van der Waals surface area contributed by atoms with Gasteiger partial charge in [0.1, 0.15) is 11.5 Å². The first-order valence-corrected chi connectivity index (χ1v) is 7.28. The van der Waals surface area contributed by atoms with E-state index >= 15 is 0 Å². The Morgan fingerprint density at radius 2 is 1.95 bits per heavy atom. The van der Waals surface area contributed by atoms with Gasteiger partial charge in [-0.3, -0.25) is 4.79 Å². The molecular weight excluding hydrogens is 278 g/mol. The van der Waals surface area contributed by atoms with Crippen LogP contribution in [0.15, 0.2) is 42.5 Å². The molecule has 2 aromatic carbocycles. The number of benzene rings is 2. The number of phenolic OH excluding ortho intramolecular Hbond substituents is 1. The van der Waals surface area contributed by atoms with Crippen molar-refractivity contribution in [3.63, 3.8) is 0 Å². The zero-order valence-electron chi connectivity index (χ0n) is 13.1. The number of para-hydroxylation sites is 2. The molecule has 2 aromatic rings. The van der Waals surface area contributed by atoms with Crippen LogP contribution in [0.1, 0.15) is 30.9 Å². The lowest BCUT2D eigenvalue weighted by atomic mass is 10.0. The van der Waals surface area contributed by atoms with Crippen LogP contribution in [-0.4, -0.2) is 17.6 Å². The lowest BCUT2D eigenvalue weighted by Crippen LogP contribution is -2.20. The van der Waals surface area contributed by atoms with Crippen LogP contribution in [0, 0.1) is 6.92 Å². The molecule has 4 heteroatoms. The number of rotatable bonds is 5. The molecule has 0 radical (unpaired) electrons. The van der Waals surface area contributed by atoms with Gasteiger partial charge >= 0.3 is 0 Å². The molecule has 2 N–H and O–H groups in total. The Morgan fingerprint density at radius 3 is 2.64 bits per heavy atom. The van der Waals surface area contributed by atoms with Crippen molar-refractivity contribution in [3.8, 4) is 11.5 Å². The first-order valence-electron chi connectivity index (χ1n) is 7.28. The molecule has 0 heterocycles. The number of nitrogens with one attached hydrogen (secondary N) is 1. The third-order valence-corrected chi connectivity index (χ3v) is 3.42. The van der Waals surface area contributed by atoms with E-state index in [4.69, 9.17) is 4.74 Å². The van der Waals surface area contributed by atoms with Crippen molar-refractivity contribution in [1.82, 2.24) is 0 Å². The topological polar surface area (TPSA) is 58.6 Å². The molecule has 4 nitrogen and oxygen atoms in total. The Hall–Kier alpha value is -2.49. The highest BCUT2D eigenvalue weighted by Crippen LogP contribution is 2.25. The molecule has 0 bridgehead atoms. The van der Waals surface area contributed by atoms with Crippen molar-refractivity contribution in [2.24, 2.45) is 0 Å². The van der Waals surface area contributed by atoms with E-state index in [1.54, 1.807) is 18.2 Å². The number of ether oxygens (including phenoxy) is 1. The van der Waals surface area contributed by atoms with Crippen LogP contribution in [0.3, 0.4) is 0 Å². The average molecular weight is 299 g/mol. The van der Waals surface area contributed by atoms with Gasteiger partial charge in [-0.05, 0) is 42.2 Å². The van der Waals surface area contributed by atoms with Gasteiger partial charge in [-0.1, -0.05) is 38.1 Å². The minimum atomic E-state index is -0.309. The van der Waals surface area contributed by atoms with E-state index in [1.807, 2.05) is 19.1 Å². The van der Waals surface area contributed by atoms with E-state index in [9.17, 15) is 9.90 Å². The summed E-state index contributed by atoms with van der Waals surface area (Å²) in [6.45, 7) is 6.07. The molecule has 0 saturated carbocycles. The Labute approximate surface area is 130 Å². The Kier molecular flexibility index (Phi) is 5.04. The molecular formula is C18H21NO3. The summed E-state index contributed by atoms with van der Waals surface area (Å²) in [5.74, 6) is 0.835. The van der Waals surface area contributed by atoms with E-state index in [0.717, 1.165) is 5.56 Å². The second-order valence-corrected chi connectivity index (χ2v) is 5.53. The molecule has 116 valence electrons. The first kappa shape index (κ1) is 15.9. The molecule has 0 atom stereocenters. The number of carbonyl (C=O) groups is 1. The van der Waals surface area contributed by atoms with Gasteiger partial charge in [0.15, 0.2) is 6.61 Å². The van der Waals surface area contributed by atoms with Gasteiger partial charge in [0.25, 0.3) is 5.91 Å². The van der Waals surface area contributed by atoms with Gasteiger partial charge < -0.3 is 15.2 Å². The fourth-order valence-corrected chi connectivity index (χ4v) is 2.04. The Bertz CT molecular complexity index is 665. The number of amides is 1. The second kappa shape index (κ2) is 6.98. The quantitative estimate of drug-likeness (QED) is 0.825. The third kappa shape index (κ3) is 4.01. The maximum absolute atomic E-state index is 11.9. The molecule has 0 aliphatic heterocycles. The second-order valence-electron chi connectivity index (χ2n) is 5.53. The van der Waals surface area contributed by atoms with Crippen molar-refractivity contribution in [1.29, 1.82) is 0 Å². The number of anilines is 1. The summed E-state index contributed by atoms with van der Waals surface area (Å²) in [7, 11) is 0. The summed E-state index contributed by atoms with van der Waals surface area (Å²) in [6, 6.07) is 12.6. The van der Waals surface area contributed by atoms with Crippen LogP contribution < -0.4 is 10.1 Å². The van der Waals surface area contributed by atoms with Crippen LogP contribution in [0.5, 0.6) is 11.5 Å². The normalized spacial score (nSPS) is 10.5. The third-order valence-electron chi connectivity index (χ3n) is 3.42. The van der Waals surface area contributed by atoms with Crippen molar-refractivity contribution in [2.75, 3.05) is 11.9 Å². The maximum atomic E-state index is 11.9. The highest BCUT2D eigenvalue weighted by Gasteiger charge is 2.09. The van der Waals surface area contributed by atoms with Gasteiger partial charge in [0.05, 0.1) is 5.69 Å². The van der Waals surface area contributed by atoms with E-state index in [1.165, 1.54) is 11.6 Å².